The Morgan fingerprint density at radius 2 is 1.48 bits per heavy atom. The van der Waals surface area contributed by atoms with Crippen LogP contribution in [0.4, 0.5) is 0 Å². The number of methoxy groups -OCH3 is 3. The number of nitrogens with one attached hydrogen (secondary N) is 1. The number of carbonyl (C=O) groups excluding carboxylic acids is 3. The zero-order valence-corrected chi connectivity index (χ0v) is 18.9. The van der Waals surface area contributed by atoms with Gasteiger partial charge in [0.1, 0.15) is 11.8 Å². The Morgan fingerprint density at radius 3 is 2.03 bits per heavy atom. The molecule has 2 rings (SSSR count). The maximum atomic E-state index is 13.1. The summed E-state index contributed by atoms with van der Waals surface area (Å²) in [4.78, 5) is 37.9. The first-order chi connectivity index (χ1) is 14.7. The van der Waals surface area contributed by atoms with Crippen LogP contribution in [0, 0.1) is 5.92 Å². The van der Waals surface area contributed by atoms with Gasteiger partial charge in [0.05, 0.1) is 32.5 Å². The van der Waals surface area contributed by atoms with Crippen LogP contribution in [0.25, 0.3) is 0 Å². The third-order valence-corrected chi connectivity index (χ3v) is 5.50. The molecule has 1 unspecified atom stereocenters. The van der Waals surface area contributed by atoms with Crippen molar-refractivity contribution in [2.45, 2.75) is 24.8 Å². The summed E-state index contributed by atoms with van der Waals surface area (Å²) in [6.07, 6.45) is 0. The van der Waals surface area contributed by atoms with Crippen LogP contribution in [0.1, 0.15) is 34.6 Å². The highest BCUT2D eigenvalue weighted by Crippen LogP contribution is 2.38. The van der Waals surface area contributed by atoms with E-state index in [1.165, 1.54) is 27.4 Å². The minimum absolute atomic E-state index is 0.182. The number of nitrogens with two attached hydrogens (primary N) is 1. The van der Waals surface area contributed by atoms with Crippen molar-refractivity contribution in [3.63, 3.8) is 0 Å². The number of amides is 2. The van der Waals surface area contributed by atoms with E-state index >= 15 is 0 Å². The van der Waals surface area contributed by atoms with E-state index in [1.54, 1.807) is 44.2 Å². The second kappa shape index (κ2) is 10.7. The summed E-state index contributed by atoms with van der Waals surface area (Å²) in [7, 11) is 4.40. The fourth-order valence-electron chi connectivity index (χ4n) is 2.87. The summed E-state index contributed by atoms with van der Waals surface area (Å²) < 4.78 is 15.9. The molecular weight excluding hydrogens is 420 g/mol. The molecule has 0 spiro atoms. The van der Waals surface area contributed by atoms with E-state index in [-0.39, 0.29) is 22.2 Å². The Hall–Kier alpha value is -3.20. The van der Waals surface area contributed by atoms with Gasteiger partial charge in [-0.1, -0.05) is 26.0 Å². The van der Waals surface area contributed by atoms with Gasteiger partial charge in [0.15, 0.2) is 11.5 Å². The van der Waals surface area contributed by atoms with Gasteiger partial charge < -0.3 is 25.3 Å². The molecule has 2 aromatic carbocycles. The Bertz CT molecular complexity index is 976. The number of carbonyl (C=O) groups is 3. The standard InChI is InChI=1S/C22H26N2O6S/c1-12(2)19(20(23)25)24-21(26)13-8-6-7-9-18(13)31-22(27)14-10-16(29-4)17(30-5)11-15(14)28-3/h6-12,19H,1-5H3,(H2,23,25)(H,24,26). The molecule has 0 aliphatic heterocycles. The van der Waals surface area contributed by atoms with Gasteiger partial charge in [-0.15, -0.1) is 0 Å². The molecule has 31 heavy (non-hydrogen) atoms. The lowest BCUT2D eigenvalue weighted by Gasteiger charge is -2.19. The molecule has 0 saturated heterocycles. The van der Waals surface area contributed by atoms with Crippen LogP contribution < -0.4 is 25.3 Å². The summed E-state index contributed by atoms with van der Waals surface area (Å²) in [6, 6.07) is 8.88. The monoisotopic (exact) mass is 446 g/mol. The van der Waals surface area contributed by atoms with E-state index in [4.69, 9.17) is 19.9 Å². The third kappa shape index (κ3) is 5.69. The molecule has 9 heteroatoms. The molecule has 0 aromatic heterocycles. The minimum Gasteiger partial charge on any atom is -0.496 e. The average Bonchev–Trinajstić information content (AvgIpc) is 2.75. The highest BCUT2D eigenvalue weighted by atomic mass is 32.2. The van der Waals surface area contributed by atoms with Crippen LogP contribution in [-0.4, -0.2) is 44.3 Å². The van der Waals surface area contributed by atoms with Crippen LogP contribution in [-0.2, 0) is 4.79 Å². The van der Waals surface area contributed by atoms with Gasteiger partial charge >= 0.3 is 0 Å². The van der Waals surface area contributed by atoms with Gasteiger partial charge in [0.2, 0.25) is 11.0 Å². The van der Waals surface area contributed by atoms with Crippen molar-refractivity contribution in [1.29, 1.82) is 0 Å². The zero-order valence-electron chi connectivity index (χ0n) is 18.1. The predicted octanol–water partition coefficient (Wildman–Crippen LogP) is 2.88. The van der Waals surface area contributed by atoms with E-state index in [9.17, 15) is 14.4 Å². The van der Waals surface area contributed by atoms with E-state index in [2.05, 4.69) is 5.32 Å². The summed E-state index contributed by atoms with van der Waals surface area (Å²) >= 11 is 0.865. The predicted molar refractivity (Wildman–Crippen MR) is 118 cm³/mol. The maximum Gasteiger partial charge on any atom is 0.253 e. The van der Waals surface area contributed by atoms with Crippen molar-refractivity contribution < 1.29 is 28.6 Å². The van der Waals surface area contributed by atoms with Gasteiger partial charge in [0.25, 0.3) is 5.91 Å². The molecule has 0 aliphatic rings. The summed E-state index contributed by atoms with van der Waals surface area (Å²) in [5.74, 6) is -0.191. The van der Waals surface area contributed by atoms with Crippen LogP contribution >= 0.6 is 11.8 Å². The Morgan fingerprint density at radius 1 is 0.903 bits per heavy atom. The minimum atomic E-state index is -0.827. The number of thioether (sulfide) groups is 1. The van der Waals surface area contributed by atoms with Crippen LogP contribution in [0.5, 0.6) is 17.2 Å². The molecule has 2 aromatic rings. The largest absolute Gasteiger partial charge is 0.496 e. The van der Waals surface area contributed by atoms with Gasteiger partial charge in [-0.25, -0.2) is 0 Å². The first-order valence-electron chi connectivity index (χ1n) is 9.44. The van der Waals surface area contributed by atoms with Crippen molar-refractivity contribution in [1.82, 2.24) is 5.32 Å². The normalized spacial score (nSPS) is 11.5. The number of hydrogen-bond acceptors (Lipinski definition) is 7. The van der Waals surface area contributed by atoms with Crippen LogP contribution in [0.15, 0.2) is 41.3 Å². The van der Waals surface area contributed by atoms with Crippen molar-refractivity contribution in [2.75, 3.05) is 21.3 Å². The average molecular weight is 447 g/mol. The summed E-state index contributed by atoms with van der Waals surface area (Å²) in [5, 5.41) is 2.29. The van der Waals surface area contributed by atoms with E-state index in [0.29, 0.717) is 22.1 Å². The molecule has 3 N–H and O–H groups in total. The molecule has 0 heterocycles. The Kier molecular flexibility index (Phi) is 8.32. The maximum absolute atomic E-state index is 13.1. The van der Waals surface area contributed by atoms with Crippen LogP contribution in [0.3, 0.4) is 0 Å². The van der Waals surface area contributed by atoms with Crippen molar-refractivity contribution >= 4 is 28.7 Å². The summed E-state index contributed by atoms with van der Waals surface area (Å²) in [5.41, 5.74) is 5.91. The van der Waals surface area contributed by atoms with Crippen molar-refractivity contribution in [2.24, 2.45) is 11.7 Å². The smallest absolute Gasteiger partial charge is 0.253 e. The van der Waals surface area contributed by atoms with E-state index in [0.717, 1.165) is 11.8 Å². The molecule has 0 saturated carbocycles. The molecule has 2 amide bonds. The molecule has 8 nitrogen and oxygen atoms in total. The molecule has 166 valence electrons. The van der Waals surface area contributed by atoms with E-state index < -0.39 is 17.9 Å². The number of ether oxygens (including phenoxy) is 3. The fraction of sp³-hybridized carbons (Fsp3) is 0.318. The van der Waals surface area contributed by atoms with Gasteiger partial charge in [-0.2, -0.15) is 0 Å². The molecule has 0 radical (unpaired) electrons. The SMILES string of the molecule is COc1cc(OC)c(C(=O)Sc2ccccc2C(=O)NC(C(N)=O)C(C)C)cc1OC. The quantitative estimate of drug-likeness (QED) is 0.569. The topological polar surface area (TPSA) is 117 Å². The van der Waals surface area contributed by atoms with E-state index in [1.807, 2.05) is 0 Å². The van der Waals surface area contributed by atoms with Gasteiger partial charge in [0, 0.05) is 11.0 Å². The second-order valence-corrected chi connectivity index (χ2v) is 7.91. The lowest BCUT2D eigenvalue weighted by atomic mass is 10.0. The molecular formula is C22H26N2O6S. The Labute approximate surface area is 185 Å². The Balaban J connectivity index is 2.35. The highest BCUT2D eigenvalue weighted by Gasteiger charge is 2.25. The van der Waals surface area contributed by atoms with Crippen molar-refractivity contribution in [3.05, 3.63) is 47.5 Å². The number of benzene rings is 2. The van der Waals surface area contributed by atoms with Crippen LogP contribution in [0.2, 0.25) is 0 Å². The number of hydrogen-bond donors (Lipinski definition) is 2. The number of rotatable bonds is 9. The first-order valence-corrected chi connectivity index (χ1v) is 10.3. The number of primary amides is 1. The lowest BCUT2D eigenvalue weighted by molar-refractivity contribution is -0.120. The molecule has 1 atom stereocenters. The molecule has 0 bridgehead atoms. The zero-order chi connectivity index (χ0) is 23.1. The van der Waals surface area contributed by atoms with Gasteiger partial charge in [-0.3, -0.25) is 14.4 Å². The highest BCUT2D eigenvalue weighted by molar-refractivity contribution is 8.14. The summed E-state index contributed by atoms with van der Waals surface area (Å²) in [6.45, 7) is 3.56. The first kappa shape index (κ1) is 24.1. The third-order valence-electron chi connectivity index (χ3n) is 4.52. The van der Waals surface area contributed by atoms with Gasteiger partial charge in [-0.05, 0) is 35.9 Å². The fourth-order valence-corrected chi connectivity index (χ4v) is 3.76. The van der Waals surface area contributed by atoms with Crippen molar-refractivity contribution in [3.8, 4) is 17.2 Å². The lowest BCUT2D eigenvalue weighted by Crippen LogP contribution is -2.47. The second-order valence-electron chi connectivity index (χ2n) is 6.89. The molecule has 0 aliphatic carbocycles. The molecule has 0 fully saturated rings.